The van der Waals surface area contributed by atoms with E-state index in [1.807, 2.05) is 6.92 Å². The van der Waals surface area contributed by atoms with Crippen LogP contribution in [-0.2, 0) is 11.2 Å². The standard InChI is InChI=1S/C15H22N2O4/c1-3-11-12(10(2)21-17-11)13(18)16-9-15(14(19)20)7-5-4-6-8-15/h3-9H2,1-2H3,(H,16,18)(H,19,20). The average molecular weight is 294 g/mol. The molecule has 1 saturated carbocycles. The van der Waals surface area contributed by atoms with Crippen molar-refractivity contribution in [1.82, 2.24) is 10.5 Å². The molecule has 0 atom stereocenters. The van der Waals surface area contributed by atoms with Crippen LogP contribution in [0.2, 0.25) is 0 Å². The van der Waals surface area contributed by atoms with E-state index in [2.05, 4.69) is 10.5 Å². The minimum Gasteiger partial charge on any atom is -0.481 e. The summed E-state index contributed by atoms with van der Waals surface area (Å²) in [5.74, 6) is -0.644. The molecule has 1 heterocycles. The van der Waals surface area contributed by atoms with Gasteiger partial charge in [0.2, 0.25) is 0 Å². The predicted molar refractivity (Wildman–Crippen MR) is 76.1 cm³/mol. The van der Waals surface area contributed by atoms with Crippen molar-refractivity contribution in [1.29, 1.82) is 0 Å². The number of aromatic nitrogens is 1. The van der Waals surface area contributed by atoms with Gasteiger partial charge in [0.15, 0.2) is 0 Å². The lowest BCUT2D eigenvalue weighted by molar-refractivity contribution is -0.150. The first kappa shape index (κ1) is 15.5. The van der Waals surface area contributed by atoms with Crippen LogP contribution in [-0.4, -0.2) is 28.7 Å². The molecule has 1 amide bonds. The van der Waals surface area contributed by atoms with Gasteiger partial charge < -0.3 is 14.9 Å². The highest BCUT2D eigenvalue weighted by atomic mass is 16.5. The number of hydrogen-bond acceptors (Lipinski definition) is 4. The van der Waals surface area contributed by atoms with E-state index in [-0.39, 0.29) is 12.5 Å². The first-order chi connectivity index (χ1) is 10.00. The smallest absolute Gasteiger partial charge is 0.311 e. The molecule has 1 fully saturated rings. The second kappa shape index (κ2) is 6.28. The monoisotopic (exact) mass is 294 g/mol. The van der Waals surface area contributed by atoms with Crippen molar-refractivity contribution in [3.8, 4) is 0 Å². The molecule has 6 nitrogen and oxygen atoms in total. The van der Waals surface area contributed by atoms with E-state index in [9.17, 15) is 14.7 Å². The molecule has 0 aliphatic heterocycles. The fraction of sp³-hybridized carbons (Fsp3) is 0.667. The van der Waals surface area contributed by atoms with Crippen LogP contribution in [0.4, 0.5) is 0 Å². The number of amides is 1. The molecule has 21 heavy (non-hydrogen) atoms. The van der Waals surface area contributed by atoms with Gasteiger partial charge in [-0.25, -0.2) is 0 Å². The second-order valence-electron chi connectivity index (χ2n) is 5.74. The lowest BCUT2D eigenvalue weighted by Crippen LogP contribution is -2.44. The van der Waals surface area contributed by atoms with Gasteiger partial charge in [-0.1, -0.05) is 31.3 Å². The quantitative estimate of drug-likeness (QED) is 0.869. The molecule has 1 aromatic rings. The van der Waals surface area contributed by atoms with Crippen molar-refractivity contribution in [2.45, 2.75) is 52.4 Å². The van der Waals surface area contributed by atoms with Crippen LogP contribution in [0.25, 0.3) is 0 Å². The Morgan fingerprint density at radius 3 is 2.57 bits per heavy atom. The number of nitrogens with zero attached hydrogens (tertiary/aromatic N) is 1. The average Bonchev–Trinajstić information content (AvgIpc) is 2.86. The van der Waals surface area contributed by atoms with E-state index in [4.69, 9.17) is 4.52 Å². The van der Waals surface area contributed by atoms with Crippen molar-refractivity contribution < 1.29 is 19.2 Å². The highest BCUT2D eigenvalue weighted by Gasteiger charge is 2.40. The van der Waals surface area contributed by atoms with E-state index in [1.165, 1.54) is 0 Å². The Morgan fingerprint density at radius 2 is 2.00 bits per heavy atom. The Hall–Kier alpha value is -1.85. The Kier molecular flexibility index (Phi) is 4.65. The minimum atomic E-state index is -0.828. The predicted octanol–water partition coefficient (Wildman–Crippen LogP) is 2.31. The SMILES string of the molecule is CCc1noc(C)c1C(=O)NCC1(C(=O)O)CCCCC1. The normalized spacial score (nSPS) is 17.4. The summed E-state index contributed by atoms with van der Waals surface area (Å²) in [7, 11) is 0. The molecule has 6 heteroatoms. The molecular weight excluding hydrogens is 272 g/mol. The van der Waals surface area contributed by atoms with Crippen LogP contribution >= 0.6 is 0 Å². The largest absolute Gasteiger partial charge is 0.481 e. The first-order valence-corrected chi connectivity index (χ1v) is 7.47. The second-order valence-corrected chi connectivity index (χ2v) is 5.74. The Labute approximate surface area is 123 Å². The third-order valence-corrected chi connectivity index (χ3v) is 4.35. The molecular formula is C15H22N2O4. The zero-order valence-corrected chi connectivity index (χ0v) is 12.6. The summed E-state index contributed by atoms with van der Waals surface area (Å²) in [5, 5.41) is 16.1. The number of nitrogens with one attached hydrogen (secondary N) is 1. The Morgan fingerprint density at radius 1 is 1.33 bits per heavy atom. The zero-order chi connectivity index (χ0) is 15.5. The van der Waals surface area contributed by atoms with Gasteiger partial charge in [0, 0.05) is 6.54 Å². The number of aliphatic carboxylic acids is 1. The van der Waals surface area contributed by atoms with Crippen molar-refractivity contribution in [2.24, 2.45) is 5.41 Å². The summed E-state index contributed by atoms with van der Waals surface area (Å²) >= 11 is 0. The molecule has 0 radical (unpaired) electrons. The molecule has 0 spiro atoms. The van der Waals surface area contributed by atoms with Crippen LogP contribution in [0.3, 0.4) is 0 Å². The topological polar surface area (TPSA) is 92.4 Å². The molecule has 116 valence electrons. The van der Waals surface area contributed by atoms with Gasteiger partial charge in [0.25, 0.3) is 5.91 Å². The van der Waals surface area contributed by atoms with Gasteiger partial charge in [0.1, 0.15) is 11.3 Å². The zero-order valence-electron chi connectivity index (χ0n) is 12.6. The molecule has 1 aliphatic carbocycles. The summed E-state index contributed by atoms with van der Waals surface area (Å²) in [6.07, 6.45) is 4.69. The lowest BCUT2D eigenvalue weighted by Gasteiger charge is -2.33. The van der Waals surface area contributed by atoms with Crippen molar-refractivity contribution in [2.75, 3.05) is 6.54 Å². The van der Waals surface area contributed by atoms with E-state index < -0.39 is 11.4 Å². The highest BCUT2D eigenvalue weighted by molar-refractivity contribution is 5.96. The third kappa shape index (κ3) is 3.09. The Balaban J connectivity index is 2.09. The van der Waals surface area contributed by atoms with E-state index in [0.717, 1.165) is 19.3 Å². The van der Waals surface area contributed by atoms with Gasteiger partial charge in [-0.3, -0.25) is 9.59 Å². The molecule has 0 saturated heterocycles. The van der Waals surface area contributed by atoms with Gasteiger partial charge in [-0.15, -0.1) is 0 Å². The summed E-state index contributed by atoms with van der Waals surface area (Å²) in [5.41, 5.74) is 0.220. The Bertz CT molecular complexity index is 530. The van der Waals surface area contributed by atoms with Gasteiger partial charge >= 0.3 is 5.97 Å². The fourth-order valence-corrected chi connectivity index (χ4v) is 2.98. The number of carbonyl (C=O) groups excluding carboxylic acids is 1. The van der Waals surface area contributed by atoms with Crippen molar-refractivity contribution in [3.63, 3.8) is 0 Å². The summed E-state index contributed by atoms with van der Waals surface area (Å²) in [6.45, 7) is 3.75. The van der Waals surface area contributed by atoms with Gasteiger partial charge in [0.05, 0.1) is 11.1 Å². The van der Waals surface area contributed by atoms with Crippen LogP contribution < -0.4 is 5.32 Å². The number of rotatable bonds is 5. The van der Waals surface area contributed by atoms with Crippen LogP contribution in [0, 0.1) is 12.3 Å². The fourth-order valence-electron chi connectivity index (χ4n) is 2.98. The molecule has 1 aromatic heterocycles. The maximum Gasteiger partial charge on any atom is 0.311 e. The number of aryl methyl sites for hydroxylation is 2. The number of hydrogen-bond donors (Lipinski definition) is 2. The molecule has 2 N–H and O–H groups in total. The van der Waals surface area contributed by atoms with Crippen LogP contribution in [0.15, 0.2) is 4.52 Å². The number of carboxylic acid groups (broad SMARTS) is 1. The van der Waals surface area contributed by atoms with Crippen LogP contribution in [0.5, 0.6) is 0 Å². The van der Waals surface area contributed by atoms with E-state index >= 15 is 0 Å². The maximum atomic E-state index is 12.3. The highest BCUT2D eigenvalue weighted by Crippen LogP contribution is 2.36. The molecule has 0 unspecified atom stereocenters. The van der Waals surface area contributed by atoms with E-state index in [0.29, 0.717) is 36.3 Å². The summed E-state index contributed by atoms with van der Waals surface area (Å²) in [6, 6.07) is 0. The minimum absolute atomic E-state index is 0.162. The molecule has 1 aliphatic rings. The van der Waals surface area contributed by atoms with Crippen molar-refractivity contribution >= 4 is 11.9 Å². The van der Waals surface area contributed by atoms with Gasteiger partial charge in [-0.2, -0.15) is 0 Å². The lowest BCUT2D eigenvalue weighted by atomic mass is 9.74. The molecule has 0 aromatic carbocycles. The molecule has 2 rings (SSSR count). The number of carboxylic acids is 1. The summed E-state index contributed by atoms with van der Waals surface area (Å²) in [4.78, 5) is 23.9. The number of carbonyl (C=O) groups is 2. The third-order valence-electron chi connectivity index (χ3n) is 4.35. The van der Waals surface area contributed by atoms with E-state index in [1.54, 1.807) is 6.92 Å². The van der Waals surface area contributed by atoms with Gasteiger partial charge in [-0.05, 0) is 26.2 Å². The summed E-state index contributed by atoms with van der Waals surface area (Å²) < 4.78 is 5.04. The van der Waals surface area contributed by atoms with Crippen LogP contribution in [0.1, 0.15) is 60.8 Å². The first-order valence-electron chi connectivity index (χ1n) is 7.47. The molecule has 0 bridgehead atoms. The maximum absolute atomic E-state index is 12.3. The van der Waals surface area contributed by atoms with Crippen molar-refractivity contribution in [3.05, 3.63) is 17.0 Å².